The normalized spacial score (nSPS) is 20.6. The molecule has 2 aliphatic rings. The molecule has 2 aliphatic heterocycles. The summed E-state index contributed by atoms with van der Waals surface area (Å²) in [6.07, 6.45) is 4.80. The van der Waals surface area contributed by atoms with Gasteiger partial charge in [0.25, 0.3) is 0 Å². The number of piperidine rings is 1. The van der Waals surface area contributed by atoms with Crippen LogP contribution in [0.2, 0.25) is 0 Å². The van der Waals surface area contributed by atoms with E-state index in [1.807, 2.05) is 11.7 Å². The van der Waals surface area contributed by atoms with Gasteiger partial charge in [-0.3, -0.25) is 14.5 Å². The van der Waals surface area contributed by atoms with Gasteiger partial charge in [0.1, 0.15) is 0 Å². The molecule has 0 aliphatic carbocycles. The molecule has 5 heteroatoms. The zero-order valence-electron chi connectivity index (χ0n) is 19.5. The number of benzene rings is 2. The van der Waals surface area contributed by atoms with E-state index in [-0.39, 0.29) is 0 Å². The van der Waals surface area contributed by atoms with E-state index in [2.05, 4.69) is 82.4 Å². The Hall–Kier alpha value is -2.63. The second-order valence-electron chi connectivity index (χ2n) is 9.38. The number of aryl methyl sites for hydroxylation is 2. The fourth-order valence-corrected chi connectivity index (χ4v) is 5.45. The lowest BCUT2D eigenvalue weighted by Crippen LogP contribution is -2.55. The summed E-state index contributed by atoms with van der Waals surface area (Å²) in [5.41, 5.74) is 6.47. The molecule has 0 unspecified atom stereocenters. The van der Waals surface area contributed by atoms with E-state index in [1.165, 1.54) is 41.8 Å². The minimum Gasteiger partial charge on any atom is -0.369 e. The van der Waals surface area contributed by atoms with Crippen molar-refractivity contribution in [2.45, 2.75) is 32.4 Å². The van der Waals surface area contributed by atoms with Crippen LogP contribution >= 0.6 is 0 Å². The summed E-state index contributed by atoms with van der Waals surface area (Å²) >= 11 is 0. The third-order valence-electron chi connectivity index (χ3n) is 7.11. The Labute approximate surface area is 192 Å². The molecule has 0 radical (unpaired) electrons. The standard InChI is InChI=1S/C27H35N5/c1-22-9-6-7-13-26(22)32-17-15-31(16-18-32)25-12-8-14-30(21-25)20-24-19-29(2)28-27(24)23-10-4-3-5-11-23/h3-7,9-11,13,19,25H,8,12,14-18,20-21H2,1-2H3/t25-/m0/s1. The maximum absolute atomic E-state index is 4.77. The first-order valence-corrected chi connectivity index (χ1v) is 12.0. The molecule has 0 spiro atoms. The molecule has 0 saturated carbocycles. The van der Waals surface area contributed by atoms with E-state index >= 15 is 0 Å². The van der Waals surface area contributed by atoms with E-state index in [1.54, 1.807) is 0 Å². The summed E-state index contributed by atoms with van der Waals surface area (Å²) in [5.74, 6) is 0. The van der Waals surface area contributed by atoms with Crippen LogP contribution < -0.4 is 4.90 Å². The Balaban J connectivity index is 1.21. The van der Waals surface area contributed by atoms with Crippen LogP contribution in [0.3, 0.4) is 0 Å². The fourth-order valence-electron chi connectivity index (χ4n) is 5.45. The van der Waals surface area contributed by atoms with E-state index in [4.69, 9.17) is 5.10 Å². The molecule has 1 aromatic heterocycles. The van der Waals surface area contributed by atoms with Gasteiger partial charge in [-0.15, -0.1) is 0 Å². The van der Waals surface area contributed by atoms with Crippen LogP contribution in [0.25, 0.3) is 11.3 Å². The van der Waals surface area contributed by atoms with Crippen molar-refractivity contribution in [1.82, 2.24) is 19.6 Å². The van der Waals surface area contributed by atoms with Crippen molar-refractivity contribution < 1.29 is 0 Å². The number of piperazine rings is 1. The molecule has 32 heavy (non-hydrogen) atoms. The van der Waals surface area contributed by atoms with Crippen LogP contribution in [-0.4, -0.2) is 64.9 Å². The van der Waals surface area contributed by atoms with Gasteiger partial charge >= 0.3 is 0 Å². The number of nitrogens with zero attached hydrogens (tertiary/aromatic N) is 5. The van der Waals surface area contributed by atoms with Crippen molar-refractivity contribution in [2.75, 3.05) is 44.2 Å². The SMILES string of the molecule is Cc1ccccc1N1CCN([C@H]2CCCN(Cc3cn(C)nc3-c3ccccc3)C2)CC1. The number of rotatable bonds is 5. The number of likely N-dealkylation sites (tertiary alicyclic amines) is 1. The molecule has 5 rings (SSSR count). The van der Waals surface area contributed by atoms with Crippen molar-refractivity contribution in [3.63, 3.8) is 0 Å². The Morgan fingerprint density at radius 2 is 1.66 bits per heavy atom. The first kappa shape index (κ1) is 21.2. The maximum Gasteiger partial charge on any atom is 0.0968 e. The Bertz CT molecular complexity index is 1020. The van der Waals surface area contributed by atoms with E-state index in [9.17, 15) is 0 Å². The fraction of sp³-hybridized carbons (Fsp3) is 0.444. The molecule has 5 nitrogen and oxygen atoms in total. The highest BCUT2D eigenvalue weighted by molar-refractivity contribution is 5.62. The van der Waals surface area contributed by atoms with Gasteiger partial charge in [-0.05, 0) is 37.9 Å². The van der Waals surface area contributed by atoms with Gasteiger partial charge in [-0.25, -0.2) is 0 Å². The minimum absolute atomic E-state index is 0.666. The largest absolute Gasteiger partial charge is 0.369 e. The average molecular weight is 430 g/mol. The zero-order valence-corrected chi connectivity index (χ0v) is 19.5. The Kier molecular flexibility index (Phi) is 6.28. The first-order chi connectivity index (χ1) is 15.7. The lowest BCUT2D eigenvalue weighted by molar-refractivity contribution is 0.0888. The number of aromatic nitrogens is 2. The van der Waals surface area contributed by atoms with Gasteiger partial charge in [0, 0.05) is 75.4 Å². The van der Waals surface area contributed by atoms with Crippen LogP contribution in [-0.2, 0) is 13.6 Å². The number of hydrogen-bond donors (Lipinski definition) is 0. The predicted octanol–water partition coefficient (Wildman–Crippen LogP) is 4.18. The molecule has 0 bridgehead atoms. The molecule has 168 valence electrons. The predicted molar refractivity (Wildman–Crippen MR) is 132 cm³/mol. The van der Waals surface area contributed by atoms with Crippen LogP contribution in [0.15, 0.2) is 60.8 Å². The van der Waals surface area contributed by atoms with Crippen molar-refractivity contribution >= 4 is 5.69 Å². The molecule has 3 heterocycles. The third kappa shape index (κ3) is 4.59. The molecule has 2 fully saturated rings. The lowest BCUT2D eigenvalue weighted by atomic mass is 10.0. The quantitative estimate of drug-likeness (QED) is 0.608. The van der Waals surface area contributed by atoms with Crippen molar-refractivity contribution in [2.24, 2.45) is 7.05 Å². The van der Waals surface area contributed by atoms with Crippen molar-refractivity contribution in [1.29, 1.82) is 0 Å². The van der Waals surface area contributed by atoms with Crippen LogP contribution in [0.4, 0.5) is 5.69 Å². The molecule has 1 atom stereocenters. The second kappa shape index (κ2) is 9.47. The third-order valence-corrected chi connectivity index (χ3v) is 7.11. The summed E-state index contributed by atoms with van der Waals surface area (Å²) in [6.45, 7) is 10.1. The highest BCUT2D eigenvalue weighted by Crippen LogP contribution is 2.26. The Morgan fingerprint density at radius 1 is 0.906 bits per heavy atom. The number of hydrogen-bond acceptors (Lipinski definition) is 4. The summed E-state index contributed by atoms with van der Waals surface area (Å²) in [4.78, 5) is 7.95. The molecule has 3 aromatic rings. The topological polar surface area (TPSA) is 27.5 Å². The van der Waals surface area contributed by atoms with Crippen molar-refractivity contribution in [3.8, 4) is 11.3 Å². The van der Waals surface area contributed by atoms with Crippen LogP contribution in [0.5, 0.6) is 0 Å². The van der Waals surface area contributed by atoms with Gasteiger partial charge < -0.3 is 4.90 Å². The first-order valence-electron chi connectivity index (χ1n) is 12.0. The van der Waals surface area contributed by atoms with Gasteiger partial charge in [-0.1, -0.05) is 48.5 Å². The highest BCUT2D eigenvalue weighted by Gasteiger charge is 2.29. The number of para-hydroxylation sites is 1. The second-order valence-corrected chi connectivity index (χ2v) is 9.38. The summed E-state index contributed by atoms with van der Waals surface area (Å²) in [5, 5.41) is 4.77. The molecule has 2 saturated heterocycles. The number of anilines is 1. The van der Waals surface area contributed by atoms with Crippen molar-refractivity contribution in [3.05, 3.63) is 71.9 Å². The highest BCUT2D eigenvalue weighted by atomic mass is 15.3. The van der Waals surface area contributed by atoms with Gasteiger partial charge in [-0.2, -0.15) is 5.10 Å². The van der Waals surface area contributed by atoms with E-state index in [0.29, 0.717) is 6.04 Å². The molecule has 0 N–H and O–H groups in total. The average Bonchev–Trinajstić information content (AvgIpc) is 3.20. The van der Waals surface area contributed by atoms with Gasteiger partial charge in [0.2, 0.25) is 0 Å². The maximum atomic E-state index is 4.77. The summed E-state index contributed by atoms with van der Waals surface area (Å²) < 4.78 is 1.96. The minimum atomic E-state index is 0.666. The van der Waals surface area contributed by atoms with E-state index < -0.39 is 0 Å². The van der Waals surface area contributed by atoms with E-state index in [0.717, 1.165) is 45.0 Å². The lowest BCUT2D eigenvalue weighted by Gasteiger charge is -2.44. The zero-order chi connectivity index (χ0) is 21.9. The monoisotopic (exact) mass is 429 g/mol. The smallest absolute Gasteiger partial charge is 0.0968 e. The molecule has 2 aromatic carbocycles. The summed E-state index contributed by atoms with van der Waals surface area (Å²) in [7, 11) is 2.03. The van der Waals surface area contributed by atoms with Gasteiger partial charge in [0.15, 0.2) is 0 Å². The molecular formula is C27H35N5. The summed E-state index contributed by atoms with van der Waals surface area (Å²) in [6, 6.07) is 20.1. The van der Waals surface area contributed by atoms with Gasteiger partial charge in [0.05, 0.1) is 5.69 Å². The Morgan fingerprint density at radius 3 is 2.44 bits per heavy atom. The van der Waals surface area contributed by atoms with Crippen LogP contribution in [0.1, 0.15) is 24.0 Å². The molecular weight excluding hydrogens is 394 g/mol. The molecule has 0 amide bonds. The van der Waals surface area contributed by atoms with Crippen LogP contribution in [0, 0.1) is 6.92 Å².